The molecule has 0 radical (unpaired) electrons. The van der Waals surface area contributed by atoms with Crippen molar-refractivity contribution in [2.45, 2.75) is 120 Å². The largest absolute Gasteiger partial charge is 0.647 e. The number of rotatable bonds is 15. The molecule has 5 heteroatoms. The molecule has 3 rings (SSSR count). The van der Waals surface area contributed by atoms with Gasteiger partial charge in [0.1, 0.15) is 17.2 Å². The smallest absolute Gasteiger partial charge is 0.386 e. The van der Waals surface area contributed by atoms with E-state index in [1.807, 2.05) is 18.2 Å². The summed E-state index contributed by atoms with van der Waals surface area (Å²) in [5.74, 6) is 1.72. The zero-order valence-corrected chi connectivity index (χ0v) is 27.8. The maximum Gasteiger partial charge on any atom is 0.647 e. The average Bonchev–Trinajstić information content (AvgIpc) is 2.99. The van der Waals surface area contributed by atoms with Crippen molar-refractivity contribution in [2.75, 3.05) is 0 Å². The van der Waals surface area contributed by atoms with Crippen LogP contribution in [0.3, 0.4) is 0 Å². The van der Waals surface area contributed by atoms with Crippen LogP contribution in [0.1, 0.15) is 112 Å². The fourth-order valence-electron chi connectivity index (χ4n) is 6.31. The second-order valence-corrected chi connectivity index (χ2v) is 11.9. The minimum Gasteiger partial charge on any atom is -0.386 e. The van der Waals surface area contributed by atoms with E-state index in [1.165, 1.54) is 33.4 Å². The van der Waals surface area contributed by atoms with Crippen LogP contribution in [-0.4, -0.2) is 0 Å². The number of hydrogen-bond donors (Lipinski definition) is 0. The summed E-state index contributed by atoms with van der Waals surface area (Å²) in [5.41, 5.74) is 10.8. The van der Waals surface area contributed by atoms with Crippen LogP contribution in [0.25, 0.3) is 0 Å². The van der Waals surface area contributed by atoms with E-state index in [1.54, 1.807) is 0 Å². The molecule has 0 heterocycles. The molecule has 0 fully saturated rings. The Hall–Kier alpha value is -2.71. The van der Waals surface area contributed by atoms with E-state index in [2.05, 4.69) is 80.5 Å². The van der Waals surface area contributed by atoms with Crippen molar-refractivity contribution in [3.8, 4) is 17.2 Å². The Morgan fingerprint density at radius 1 is 0.390 bits per heavy atom. The summed E-state index contributed by atoms with van der Waals surface area (Å²) in [5, 5.41) is 0. The van der Waals surface area contributed by atoms with Crippen LogP contribution >= 0.6 is 7.82 Å². The van der Waals surface area contributed by atoms with Gasteiger partial charge in [0.05, 0.1) is 0 Å². The highest BCUT2D eigenvalue weighted by atomic mass is 31.2. The Balaban J connectivity index is 2.22. The van der Waals surface area contributed by atoms with Gasteiger partial charge in [0.25, 0.3) is 0 Å². The van der Waals surface area contributed by atoms with Gasteiger partial charge in [0.2, 0.25) is 0 Å². The lowest BCUT2D eigenvalue weighted by atomic mass is 9.95. The number of aryl methyl sites for hydroxylation is 3. The summed E-state index contributed by atoms with van der Waals surface area (Å²) >= 11 is 0. The Kier molecular flexibility index (Phi) is 12.0. The van der Waals surface area contributed by atoms with Crippen LogP contribution < -0.4 is 13.6 Å². The average molecular weight is 579 g/mol. The van der Waals surface area contributed by atoms with Gasteiger partial charge in [-0.2, -0.15) is 4.57 Å². The molecule has 3 aromatic rings. The highest BCUT2D eigenvalue weighted by molar-refractivity contribution is 7.49. The molecule has 0 saturated heterocycles. The van der Waals surface area contributed by atoms with Crippen LogP contribution in [0, 0.1) is 0 Å². The number of benzene rings is 3. The zero-order chi connectivity index (χ0) is 30.2. The van der Waals surface area contributed by atoms with Crippen molar-refractivity contribution >= 4 is 7.82 Å². The summed E-state index contributed by atoms with van der Waals surface area (Å²) in [6.45, 7) is 19.3. The topological polar surface area (TPSA) is 44.8 Å². The van der Waals surface area contributed by atoms with E-state index in [-0.39, 0.29) is 0 Å². The molecule has 4 nitrogen and oxygen atoms in total. The molecule has 224 valence electrons. The molecule has 0 aliphatic carbocycles. The Morgan fingerprint density at radius 2 is 0.634 bits per heavy atom. The normalized spacial score (nSPS) is 11.5. The van der Waals surface area contributed by atoms with Gasteiger partial charge in [-0.1, -0.05) is 80.5 Å². The zero-order valence-electron chi connectivity index (χ0n) is 26.9. The fraction of sp³-hybridized carbons (Fsp3) is 0.500. The first-order chi connectivity index (χ1) is 19.8. The van der Waals surface area contributed by atoms with Gasteiger partial charge in [-0.3, -0.25) is 0 Å². The van der Waals surface area contributed by atoms with Gasteiger partial charge in [-0.05, 0) is 126 Å². The maximum absolute atomic E-state index is 14.9. The molecule has 0 unspecified atom stereocenters. The Bertz CT molecular complexity index is 1210. The lowest BCUT2D eigenvalue weighted by Crippen LogP contribution is -2.13. The van der Waals surface area contributed by atoms with Crippen LogP contribution in [0.2, 0.25) is 0 Å². The van der Waals surface area contributed by atoms with E-state index in [0.29, 0.717) is 17.2 Å². The highest BCUT2D eigenvalue weighted by Gasteiger charge is 2.36. The second kappa shape index (κ2) is 15.0. The molecule has 0 aromatic heterocycles. The van der Waals surface area contributed by atoms with Gasteiger partial charge in [0.15, 0.2) is 0 Å². The van der Waals surface area contributed by atoms with E-state index in [9.17, 15) is 4.57 Å². The van der Waals surface area contributed by atoms with Gasteiger partial charge in [0, 0.05) is 0 Å². The first-order valence-corrected chi connectivity index (χ1v) is 17.3. The predicted molar refractivity (Wildman–Crippen MR) is 173 cm³/mol. The van der Waals surface area contributed by atoms with Crippen molar-refractivity contribution in [3.63, 3.8) is 0 Å². The molecule has 0 aliphatic rings. The lowest BCUT2D eigenvalue weighted by Gasteiger charge is -2.26. The SMILES string of the molecule is CCc1ccc(OP(=O)(Oc2ccc(CC)c(CC)c2CC)Oc2ccc(CC)c(CC)c2CC)c(CC)c1CC. The van der Waals surface area contributed by atoms with E-state index >= 15 is 0 Å². The third-order valence-corrected chi connectivity index (χ3v) is 9.61. The highest BCUT2D eigenvalue weighted by Crippen LogP contribution is 2.53. The molecule has 0 spiro atoms. The van der Waals surface area contributed by atoms with Crippen molar-refractivity contribution in [3.05, 3.63) is 86.5 Å². The van der Waals surface area contributed by atoms with Gasteiger partial charge < -0.3 is 13.6 Å². The lowest BCUT2D eigenvalue weighted by molar-refractivity contribution is 0.295. The van der Waals surface area contributed by atoms with E-state index in [0.717, 1.165) is 74.5 Å². The second-order valence-electron chi connectivity index (χ2n) is 10.4. The Morgan fingerprint density at radius 3 is 0.829 bits per heavy atom. The molecular weight excluding hydrogens is 527 g/mol. The Labute approximate surface area is 249 Å². The van der Waals surface area contributed by atoms with Crippen LogP contribution in [0.5, 0.6) is 17.2 Å². The summed E-state index contributed by atoms with van der Waals surface area (Å²) in [7, 11) is -4.17. The van der Waals surface area contributed by atoms with Crippen LogP contribution in [0.4, 0.5) is 0 Å². The van der Waals surface area contributed by atoms with Crippen LogP contribution in [0.15, 0.2) is 36.4 Å². The third-order valence-electron chi connectivity index (χ3n) is 8.35. The first kappa shape index (κ1) is 32.8. The standard InChI is InChI=1S/C36H51O4P/c1-10-25-19-22-34(31(16-7)28(25)13-4)38-41(37,39-35-23-20-26(11-2)29(14-5)32(35)17-8)40-36-24-21-27(12-3)30(15-6)33(36)18-9/h19-24H,10-18H2,1-9H3. The van der Waals surface area contributed by atoms with Gasteiger partial charge in [-0.15, -0.1) is 0 Å². The number of phosphoric ester groups is 1. The molecule has 0 aliphatic heterocycles. The molecule has 0 saturated carbocycles. The van der Waals surface area contributed by atoms with Crippen LogP contribution in [-0.2, 0) is 62.4 Å². The van der Waals surface area contributed by atoms with Crippen molar-refractivity contribution in [1.82, 2.24) is 0 Å². The summed E-state index contributed by atoms with van der Waals surface area (Å²) in [4.78, 5) is 0. The minimum absolute atomic E-state index is 0.572. The predicted octanol–water partition coefficient (Wildman–Crippen LogP) is 10.4. The molecule has 41 heavy (non-hydrogen) atoms. The van der Waals surface area contributed by atoms with E-state index < -0.39 is 7.82 Å². The third kappa shape index (κ3) is 7.03. The molecule has 0 atom stereocenters. The van der Waals surface area contributed by atoms with Gasteiger partial charge >= 0.3 is 7.82 Å². The summed E-state index contributed by atoms with van der Waals surface area (Å²) in [6.07, 6.45) is 7.76. The quantitative estimate of drug-likeness (QED) is 0.168. The fourth-order valence-corrected chi connectivity index (χ4v) is 7.66. The first-order valence-electron chi connectivity index (χ1n) is 15.9. The minimum atomic E-state index is -4.17. The van der Waals surface area contributed by atoms with E-state index in [4.69, 9.17) is 13.6 Å². The van der Waals surface area contributed by atoms with Crippen molar-refractivity contribution < 1.29 is 18.1 Å². The molecule has 0 amide bonds. The number of hydrogen-bond acceptors (Lipinski definition) is 4. The summed E-state index contributed by atoms with van der Waals surface area (Å²) < 4.78 is 34.3. The van der Waals surface area contributed by atoms with Crippen molar-refractivity contribution in [1.29, 1.82) is 0 Å². The number of phosphoric acid groups is 1. The molecule has 0 N–H and O–H groups in total. The van der Waals surface area contributed by atoms with Crippen molar-refractivity contribution in [2.24, 2.45) is 0 Å². The maximum atomic E-state index is 14.9. The monoisotopic (exact) mass is 578 g/mol. The molecule has 0 bridgehead atoms. The molecule has 3 aromatic carbocycles. The summed E-state index contributed by atoms with van der Waals surface area (Å²) in [6, 6.07) is 12.1. The molecular formula is C36H51O4P. The van der Waals surface area contributed by atoms with Gasteiger partial charge in [-0.25, -0.2) is 0 Å².